The molecule has 1 fully saturated rings. The van der Waals surface area contributed by atoms with Crippen LogP contribution in [0.1, 0.15) is 19.3 Å². The van der Waals surface area contributed by atoms with Gasteiger partial charge in [-0.25, -0.2) is 0 Å². The minimum absolute atomic E-state index is 0.0407. The summed E-state index contributed by atoms with van der Waals surface area (Å²) in [5.74, 6) is -0.421. The SMILES string of the molecule is O=C(Cl)CCN1C(=O)CCC1=O. The summed E-state index contributed by atoms with van der Waals surface area (Å²) in [5, 5.41) is -0.525. The van der Waals surface area contributed by atoms with Crippen molar-refractivity contribution >= 4 is 28.7 Å². The molecule has 2 amide bonds. The molecule has 12 heavy (non-hydrogen) atoms. The third-order valence-electron chi connectivity index (χ3n) is 1.69. The van der Waals surface area contributed by atoms with Crippen molar-refractivity contribution in [2.75, 3.05) is 6.54 Å². The second-order valence-electron chi connectivity index (χ2n) is 2.54. The lowest BCUT2D eigenvalue weighted by Crippen LogP contribution is -2.30. The molecule has 0 atom stereocenters. The van der Waals surface area contributed by atoms with Gasteiger partial charge >= 0.3 is 0 Å². The number of amides is 2. The van der Waals surface area contributed by atoms with Gasteiger partial charge in [0, 0.05) is 25.8 Å². The van der Waals surface area contributed by atoms with E-state index in [9.17, 15) is 14.4 Å². The summed E-state index contributed by atoms with van der Waals surface area (Å²) in [7, 11) is 0. The maximum Gasteiger partial charge on any atom is 0.229 e. The highest BCUT2D eigenvalue weighted by Crippen LogP contribution is 2.11. The van der Waals surface area contributed by atoms with Crippen LogP contribution in [0.2, 0.25) is 0 Å². The zero-order chi connectivity index (χ0) is 9.14. The van der Waals surface area contributed by atoms with E-state index in [4.69, 9.17) is 11.6 Å². The van der Waals surface area contributed by atoms with Gasteiger partial charge in [0.1, 0.15) is 0 Å². The van der Waals surface area contributed by atoms with Crippen molar-refractivity contribution in [2.45, 2.75) is 19.3 Å². The average molecular weight is 190 g/mol. The van der Waals surface area contributed by atoms with Crippen LogP contribution in [-0.4, -0.2) is 28.5 Å². The van der Waals surface area contributed by atoms with E-state index in [0.29, 0.717) is 0 Å². The Kier molecular flexibility index (Phi) is 2.81. The van der Waals surface area contributed by atoms with E-state index in [0.717, 1.165) is 4.90 Å². The fraction of sp³-hybridized carbons (Fsp3) is 0.571. The molecule has 0 bridgehead atoms. The van der Waals surface area contributed by atoms with Crippen molar-refractivity contribution in [3.05, 3.63) is 0 Å². The van der Waals surface area contributed by atoms with E-state index >= 15 is 0 Å². The summed E-state index contributed by atoms with van der Waals surface area (Å²) < 4.78 is 0. The zero-order valence-corrected chi connectivity index (χ0v) is 7.13. The van der Waals surface area contributed by atoms with Gasteiger partial charge in [-0.05, 0) is 11.6 Å². The lowest BCUT2D eigenvalue weighted by molar-refractivity contribution is -0.138. The lowest BCUT2D eigenvalue weighted by atomic mass is 10.4. The fourth-order valence-corrected chi connectivity index (χ4v) is 1.16. The third-order valence-corrected chi connectivity index (χ3v) is 1.88. The van der Waals surface area contributed by atoms with Crippen LogP contribution in [0.3, 0.4) is 0 Å². The van der Waals surface area contributed by atoms with Crippen LogP contribution < -0.4 is 0 Å². The molecule has 0 aromatic rings. The molecular formula is C7H8ClNO3. The Bertz CT molecular complexity index is 223. The Balaban J connectivity index is 2.45. The van der Waals surface area contributed by atoms with Crippen LogP contribution in [0.4, 0.5) is 0 Å². The summed E-state index contributed by atoms with van der Waals surface area (Å²) in [6.45, 7) is 0.125. The number of hydrogen-bond donors (Lipinski definition) is 0. The van der Waals surface area contributed by atoms with Gasteiger partial charge < -0.3 is 0 Å². The Morgan fingerprint density at radius 2 is 1.83 bits per heavy atom. The van der Waals surface area contributed by atoms with E-state index in [2.05, 4.69) is 0 Å². The molecule has 0 spiro atoms. The topological polar surface area (TPSA) is 54.5 Å². The molecule has 0 radical (unpaired) electrons. The van der Waals surface area contributed by atoms with Crippen LogP contribution in [-0.2, 0) is 14.4 Å². The van der Waals surface area contributed by atoms with Crippen molar-refractivity contribution < 1.29 is 14.4 Å². The van der Waals surface area contributed by atoms with Gasteiger partial charge in [-0.1, -0.05) is 0 Å². The first-order chi connectivity index (χ1) is 5.61. The summed E-state index contributed by atoms with van der Waals surface area (Å²) in [6, 6.07) is 0. The molecule has 1 saturated heterocycles. The van der Waals surface area contributed by atoms with Crippen LogP contribution in [0.5, 0.6) is 0 Å². The van der Waals surface area contributed by atoms with Crippen LogP contribution in [0.25, 0.3) is 0 Å². The number of imide groups is 1. The zero-order valence-electron chi connectivity index (χ0n) is 6.38. The molecule has 1 aliphatic heterocycles. The molecule has 4 nitrogen and oxygen atoms in total. The Labute approximate surface area is 74.5 Å². The number of rotatable bonds is 3. The number of carbonyl (C=O) groups is 3. The van der Waals surface area contributed by atoms with Gasteiger partial charge in [0.15, 0.2) is 0 Å². The average Bonchev–Trinajstić information content (AvgIpc) is 2.28. The molecule has 0 aliphatic carbocycles. The smallest absolute Gasteiger partial charge is 0.229 e. The molecule has 1 aliphatic rings. The highest BCUT2D eigenvalue weighted by atomic mass is 35.5. The summed E-state index contributed by atoms with van der Waals surface area (Å²) >= 11 is 5.06. The summed E-state index contributed by atoms with van der Waals surface area (Å²) in [5.41, 5.74) is 0. The first-order valence-corrected chi connectivity index (χ1v) is 4.00. The molecular weight excluding hydrogens is 182 g/mol. The maximum absolute atomic E-state index is 10.9. The molecule has 1 heterocycles. The molecule has 0 N–H and O–H groups in total. The minimum atomic E-state index is -0.525. The normalized spacial score (nSPS) is 17.2. The second kappa shape index (κ2) is 3.67. The number of nitrogens with zero attached hydrogens (tertiary/aromatic N) is 1. The third kappa shape index (κ3) is 2.04. The number of likely N-dealkylation sites (tertiary alicyclic amines) is 1. The van der Waals surface area contributed by atoms with E-state index in [-0.39, 0.29) is 37.6 Å². The molecule has 0 aromatic heterocycles. The predicted octanol–water partition coefficient (Wildman–Crippen LogP) is 0.291. The number of hydrogen-bond acceptors (Lipinski definition) is 3. The number of halogens is 1. The van der Waals surface area contributed by atoms with Gasteiger partial charge in [-0.3, -0.25) is 19.3 Å². The first kappa shape index (κ1) is 9.19. The van der Waals surface area contributed by atoms with Crippen molar-refractivity contribution in [1.29, 1.82) is 0 Å². The van der Waals surface area contributed by atoms with E-state index in [1.807, 2.05) is 0 Å². The van der Waals surface area contributed by atoms with Crippen LogP contribution in [0, 0.1) is 0 Å². The van der Waals surface area contributed by atoms with E-state index in [1.165, 1.54) is 0 Å². The largest absolute Gasteiger partial charge is 0.282 e. The number of carbonyl (C=O) groups excluding carboxylic acids is 3. The fourth-order valence-electron chi connectivity index (χ4n) is 1.07. The molecule has 5 heteroatoms. The molecule has 66 valence electrons. The quantitative estimate of drug-likeness (QED) is 0.474. The molecule has 0 saturated carbocycles. The van der Waals surface area contributed by atoms with Crippen LogP contribution >= 0.6 is 11.6 Å². The summed E-state index contributed by atoms with van der Waals surface area (Å²) in [4.78, 5) is 33.3. The standard InChI is InChI=1S/C7H8ClNO3/c8-5(10)3-4-9-6(11)1-2-7(9)12/h1-4H2. The van der Waals surface area contributed by atoms with Crippen molar-refractivity contribution in [3.63, 3.8) is 0 Å². The molecule has 1 rings (SSSR count). The predicted molar refractivity (Wildman–Crippen MR) is 41.4 cm³/mol. The van der Waals surface area contributed by atoms with Gasteiger partial charge in [0.05, 0.1) is 0 Å². The molecule has 0 unspecified atom stereocenters. The van der Waals surface area contributed by atoms with Gasteiger partial charge in [-0.2, -0.15) is 0 Å². The lowest BCUT2D eigenvalue weighted by Gasteiger charge is -2.10. The van der Waals surface area contributed by atoms with Gasteiger partial charge in [-0.15, -0.1) is 0 Å². The van der Waals surface area contributed by atoms with Crippen molar-refractivity contribution in [3.8, 4) is 0 Å². The van der Waals surface area contributed by atoms with E-state index < -0.39 is 5.24 Å². The van der Waals surface area contributed by atoms with Gasteiger partial charge in [0.25, 0.3) is 0 Å². The van der Waals surface area contributed by atoms with Crippen LogP contribution in [0.15, 0.2) is 0 Å². The van der Waals surface area contributed by atoms with Crippen molar-refractivity contribution in [2.24, 2.45) is 0 Å². The van der Waals surface area contributed by atoms with Gasteiger partial charge in [0.2, 0.25) is 17.1 Å². The first-order valence-electron chi connectivity index (χ1n) is 3.63. The maximum atomic E-state index is 10.9. The minimum Gasteiger partial charge on any atom is -0.282 e. The van der Waals surface area contributed by atoms with Crippen molar-refractivity contribution in [1.82, 2.24) is 4.90 Å². The second-order valence-corrected chi connectivity index (χ2v) is 2.97. The molecule has 0 aromatic carbocycles. The highest BCUT2D eigenvalue weighted by molar-refractivity contribution is 6.63. The Hall–Kier alpha value is -0.900. The monoisotopic (exact) mass is 189 g/mol. The summed E-state index contributed by atoms with van der Waals surface area (Å²) in [6.07, 6.45) is 0.559. The Morgan fingerprint density at radius 1 is 1.33 bits per heavy atom. The van der Waals surface area contributed by atoms with E-state index in [1.54, 1.807) is 0 Å². The Morgan fingerprint density at radius 3 is 2.25 bits per heavy atom. The highest BCUT2D eigenvalue weighted by Gasteiger charge is 2.28.